The summed E-state index contributed by atoms with van der Waals surface area (Å²) in [6.45, 7) is 5.27. The molecule has 0 saturated carbocycles. The molecular formula is C18H22BrN2O2S+. The summed E-state index contributed by atoms with van der Waals surface area (Å²) >= 11 is 5.31. The van der Waals surface area contributed by atoms with Gasteiger partial charge in [0.15, 0.2) is 0 Å². The fourth-order valence-corrected chi connectivity index (χ4v) is 4.54. The molecule has 4 nitrogen and oxygen atoms in total. The standard InChI is InChI=1S/C18H21BrN2O2S/c1-23-13-14-2-4-15(5-3-14)18(22)21-10-8-20(9-11-21)12-16-6-7-17(19)24-16/h2-7H,8-13H2,1H3/p+1. The van der Waals surface area contributed by atoms with Crippen LogP contribution in [0.3, 0.4) is 0 Å². The molecule has 0 spiro atoms. The average Bonchev–Trinajstić information content (AvgIpc) is 3.01. The number of ether oxygens (including phenoxy) is 1. The van der Waals surface area contributed by atoms with Crippen molar-refractivity contribution in [3.63, 3.8) is 0 Å². The number of rotatable bonds is 5. The van der Waals surface area contributed by atoms with Crippen molar-refractivity contribution in [2.75, 3.05) is 33.3 Å². The Morgan fingerprint density at radius 3 is 2.50 bits per heavy atom. The highest BCUT2D eigenvalue weighted by Crippen LogP contribution is 2.21. The molecule has 1 aliphatic rings. The summed E-state index contributed by atoms with van der Waals surface area (Å²) in [6, 6.07) is 12.0. The Kier molecular flexibility index (Phi) is 6.05. The van der Waals surface area contributed by atoms with Crippen molar-refractivity contribution in [1.82, 2.24) is 4.90 Å². The summed E-state index contributed by atoms with van der Waals surface area (Å²) < 4.78 is 6.29. The Hall–Kier alpha value is -1.21. The Morgan fingerprint density at radius 1 is 1.21 bits per heavy atom. The van der Waals surface area contributed by atoms with Crippen molar-refractivity contribution < 1.29 is 14.4 Å². The molecule has 2 heterocycles. The lowest BCUT2D eigenvalue weighted by Crippen LogP contribution is -3.13. The van der Waals surface area contributed by atoms with Crippen LogP contribution in [0.25, 0.3) is 0 Å². The zero-order valence-corrected chi connectivity index (χ0v) is 16.2. The minimum atomic E-state index is 0.136. The number of nitrogens with zero attached hydrogens (tertiary/aromatic N) is 1. The predicted octanol–water partition coefficient (Wildman–Crippen LogP) is 2.20. The largest absolute Gasteiger partial charge is 0.380 e. The molecule has 128 valence electrons. The van der Waals surface area contributed by atoms with Crippen LogP contribution in [0.2, 0.25) is 0 Å². The average molecular weight is 410 g/mol. The first-order valence-electron chi connectivity index (χ1n) is 8.10. The number of carbonyl (C=O) groups excluding carboxylic acids is 1. The van der Waals surface area contributed by atoms with Crippen molar-refractivity contribution in [2.45, 2.75) is 13.2 Å². The fraction of sp³-hybridized carbons (Fsp3) is 0.389. The Bertz CT molecular complexity index is 679. The van der Waals surface area contributed by atoms with Gasteiger partial charge in [0.05, 0.1) is 41.4 Å². The van der Waals surface area contributed by atoms with Gasteiger partial charge in [0, 0.05) is 12.7 Å². The number of thiophene rings is 1. The summed E-state index contributed by atoms with van der Waals surface area (Å²) in [4.78, 5) is 17.5. The maximum absolute atomic E-state index is 12.6. The van der Waals surface area contributed by atoms with Crippen LogP contribution in [0.1, 0.15) is 20.8 Å². The number of hydrogen-bond donors (Lipinski definition) is 1. The van der Waals surface area contributed by atoms with Gasteiger partial charge in [-0.2, -0.15) is 0 Å². The molecule has 6 heteroatoms. The van der Waals surface area contributed by atoms with Gasteiger partial charge < -0.3 is 14.5 Å². The summed E-state index contributed by atoms with van der Waals surface area (Å²) in [5.74, 6) is 0.136. The molecular weight excluding hydrogens is 388 g/mol. The van der Waals surface area contributed by atoms with Gasteiger partial charge in [0.25, 0.3) is 5.91 Å². The van der Waals surface area contributed by atoms with Crippen molar-refractivity contribution in [2.24, 2.45) is 0 Å². The molecule has 1 aromatic heterocycles. The van der Waals surface area contributed by atoms with Gasteiger partial charge in [-0.1, -0.05) is 12.1 Å². The topological polar surface area (TPSA) is 34.0 Å². The van der Waals surface area contributed by atoms with E-state index in [9.17, 15) is 4.79 Å². The number of halogens is 1. The van der Waals surface area contributed by atoms with E-state index in [1.54, 1.807) is 23.3 Å². The maximum atomic E-state index is 12.6. The molecule has 1 aromatic carbocycles. The highest BCUT2D eigenvalue weighted by atomic mass is 79.9. The minimum Gasteiger partial charge on any atom is -0.380 e. The zero-order chi connectivity index (χ0) is 16.9. The number of benzene rings is 1. The second kappa shape index (κ2) is 8.25. The van der Waals surface area contributed by atoms with Crippen LogP contribution in [-0.4, -0.2) is 44.1 Å². The molecule has 1 saturated heterocycles. The lowest BCUT2D eigenvalue weighted by Gasteiger charge is -2.32. The van der Waals surface area contributed by atoms with Gasteiger partial charge in [0.1, 0.15) is 6.54 Å². The molecule has 24 heavy (non-hydrogen) atoms. The van der Waals surface area contributed by atoms with Gasteiger partial charge in [-0.05, 0) is 45.8 Å². The molecule has 3 rings (SSSR count). The number of hydrogen-bond acceptors (Lipinski definition) is 3. The van der Waals surface area contributed by atoms with E-state index in [-0.39, 0.29) is 5.91 Å². The number of amides is 1. The molecule has 1 fully saturated rings. The normalized spacial score (nSPS) is 15.7. The van der Waals surface area contributed by atoms with E-state index in [0.717, 1.165) is 43.9 Å². The lowest BCUT2D eigenvalue weighted by molar-refractivity contribution is -0.917. The summed E-state index contributed by atoms with van der Waals surface area (Å²) in [5.41, 5.74) is 1.85. The van der Waals surface area contributed by atoms with E-state index in [4.69, 9.17) is 4.74 Å². The van der Waals surface area contributed by atoms with E-state index in [1.807, 2.05) is 29.2 Å². The molecule has 0 aliphatic carbocycles. The van der Waals surface area contributed by atoms with E-state index in [2.05, 4.69) is 28.1 Å². The van der Waals surface area contributed by atoms with Gasteiger partial charge >= 0.3 is 0 Å². The van der Waals surface area contributed by atoms with Crippen LogP contribution >= 0.6 is 27.3 Å². The molecule has 0 radical (unpaired) electrons. The van der Waals surface area contributed by atoms with Crippen molar-refractivity contribution in [1.29, 1.82) is 0 Å². The summed E-state index contributed by atoms with van der Waals surface area (Å²) in [6.07, 6.45) is 0. The number of nitrogens with one attached hydrogen (secondary N) is 1. The highest BCUT2D eigenvalue weighted by molar-refractivity contribution is 9.11. The van der Waals surface area contributed by atoms with E-state index >= 15 is 0 Å². The molecule has 0 unspecified atom stereocenters. The molecule has 0 bridgehead atoms. The third-order valence-corrected chi connectivity index (χ3v) is 5.95. The minimum absolute atomic E-state index is 0.136. The smallest absolute Gasteiger partial charge is 0.254 e. The first-order chi connectivity index (χ1) is 11.7. The SMILES string of the molecule is COCc1ccc(C(=O)N2CC[NH+](Cc3ccc(Br)s3)CC2)cc1. The third kappa shape index (κ3) is 4.45. The Morgan fingerprint density at radius 2 is 1.92 bits per heavy atom. The number of quaternary nitrogens is 1. The third-order valence-electron chi connectivity index (χ3n) is 4.32. The summed E-state index contributed by atoms with van der Waals surface area (Å²) in [5, 5.41) is 0. The molecule has 2 aromatic rings. The quantitative estimate of drug-likeness (QED) is 0.820. The fourth-order valence-electron chi connectivity index (χ4n) is 2.99. The second-order valence-corrected chi connectivity index (χ2v) is 8.60. The van der Waals surface area contributed by atoms with Crippen LogP contribution in [0, 0.1) is 0 Å². The van der Waals surface area contributed by atoms with Gasteiger partial charge in [-0.3, -0.25) is 4.79 Å². The molecule has 0 atom stereocenters. The number of carbonyl (C=O) groups is 1. The zero-order valence-electron chi connectivity index (χ0n) is 13.8. The first-order valence-corrected chi connectivity index (χ1v) is 9.71. The molecule has 1 aliphatic heterocycles. The molecule has 1 N–H and O–H groups in total. The summed E-state index contributed by atoms with van der Waals surface area (Å²) in [7, 11) is 1.68. The van der Waals surface area contributed by atoms with Crippen LogP contribution in [-0.2, 0) is 17.9 Å². The lowest BCUT2D eigenvalue weighted by atomic mass is 10.1. The van der Waals surface area contributed by atoms with Crippen LogP contribution in [0.4, 0.5) is 0 Å². The van der Waals surface area contributed by atoms with Gasteiger partial charge in [-0.25, -0.2) is 0 Å². The van der Waals surface area contributed by atoms with Crippen molar-refractivity contribution in [3.05, 3.63) is 56.2 Å². The number of piperazine rings is 1. The van der Waals surface area contributed by atoms with Crippen molar-refractivity contribution >= 4 is 33.2 Å². The van der Waals surface area contributed by atoms with E-state index in [0.29, 0.717) is 6.61 Å². The Labute approximate surface area is 155 Å². The molecule has 1 amide bonds. The second-order valence-electron chi connectivity index (χ2n) is 6.05. The first kappa shape index (κ1) is 17.6. The van der Waals surface area contributed by atoms with Crippen LogP contribution in [0.5, 0.6) is 0 Å². The predicted molar refractivity (Wildman–Crippen MR) is 99.5 cm³/mol. The van der Waals surface area contributed by atoms with E-state index in [1.165, 1.54) is 8.66 Å². The van der Waals surface area contributed by atoms with Crippen LogP contribution < -0.4 is 4.90 Å². The number of methoxy groups -OCH3 is 1. The monoisotopic (exact) mass is 409 g/mol. The van der Waals surface area contributed by atoms with Gasteiger partial charge in [-0.15, -0.1) is 11.3 Å². The Balaban J connectivity index is 1.52. The maximum Gasteiger partial charge on any atom is 0.254 e. The highest BCUT2D eigenvalue weighted by Gasteiger charge is 2.24. The van der Waals surface area contributed by atoms with Crippen LogP contribution in [0.15, 0.2) is 40.2 Å². The van der Waals surface area contributed by atoms with Gasteiger partial charge in [0.2, 0.25) is 0 Å². The van der Waals surface area contributed by atoms with Crippen molar-refractivity contribution in [3.8, 4) is 0 Å². The van der Waals surface area contributed by atoms with E-state index < -0.39 is 0 Å².